The van der Waals surface area contributed by atoms with Crippen LogP contribution in [0.2, 0.25) is 0 Å². The zero-order chi connectivity index (χ0) is 14.0. The molecule has 1 aliphatic heterocycles. The molecule has 1 aliphatic rings. The number of aromatic nitrogens is 2. The number of nitrogens with zero attached hydrogens (tertiary/aromatic N) is 3. The number of hydrogen-bond donors (Lipinski definition) is 1. The summed E-state index contributed by atoms with van der Waals surface area (Å²) >= 11 is 0. The van der Waals surface area contributed by atoms with Crippen LogP contribution in [0.4, 0.5) is 5.82 Å². The Morgan fingerprint density at radius 3 is 2.79 bits per heavy atom. The molecule has 104 valence electrons. The Hall–Kier alpha value is -1.65. The molecule has 0 aliphatic carbocycles. The molecule has 1 atom stereocenters. The lowest BCUT2D eigenvalue weighted by atomic mass is 10.1. The van der Waals surface area contributed by atoms with Gasteiger partial charge in [0.05, 0.1) is 0 Å². The lowest BCUT2D eigenvalue weighted by Gasteiger charge is -2.30. The number of rotatable bonds is 3. The first-order valence-corrected chi connectivity index (χ1v) is 6.82. The van der Waals surface area contributed by atoms with Gasteiger partial charge < -0.3 is 10.2 Å². The predicted octanol–water partition coefficient (Wildman–Crippen LogP) is 1.94. The Morgan fingerprint density at radius 2 is 2.16 bits per heavy atom. The summed E-state index contributed by atoms with van der Waals surface area (Å²) in [5, 5.41) is 3.42. The average Bonchev–Trinajstić information content (AvgIpc) is 2.33. The van der Waals surface area contributed by atoms with Crippen molar-refractivity contribution in [3.63, 3.8) is 0 Å². The number of carbonyl (C=O) groups excluding carboxylic acids is 1. The van der Waals surface area contributed by atoms with Crippen molar-refractivity contribution in [2.75, 3.05) is 18.9 Å². The number of amides is 1. The molecule has 0 radical (unpaired) electrons. The topological polar surface area (TPSA) is 58.1 Å². The smallest absolute Gasteiger partial charge is 0.222 e. The van der Waals surface area contributed by atoms with Gasteiger partial charge in [-0.3, -0.25) is 4.79 Å². The van der Waals surface area contributed by atoms with Crippen LogP contribution in [0.15, 0.2) is 6.07 Å². The highest BCUT2D eigenvalue weighted by Crippen LogP contribution is 2.17. The highest BCUT2D eigenvalue weighted by molar-refractivity contribution is 5.77. The largest absolute Gasteiger partial charge is 0.365 e. The van der Waals surface area contributed by atoms with Crippen LogP contribution in [0.3, 0.4) is 0 Å². The van der Waals surface area contributed by atoms with Gasteiger partial charge in [0.15, 0.2) is 0 Å². The molecular formula is C14H22N4O. The summed E-state index contributed by atoms with van der Waals surface area (Å²) in [5.41, 5.74) is 0.974. The molecule has 5 nitrogen and oxygen atoms in total. The van der Waals surface area contributed by atoms with E-state index in [0.29, 0.717) is 12.3 Å². The van der Waals surface area contributed by atoms with Crippen molar-refractivity contribution in [1.29, 1.82) is 0 Å². The van der Waals surface area contributed by atoms with Crippen molar-refractivity contribution >= 4 is 11.7 Å². The summed E-state index contributed by atoms with van der Waals surface area (Å²) in [6, 6.07) is 2.24. The molecule has 19 heavy (non-hydrogen) atoms. The van der Waals surface area contributed by atoms with Crippen molar-refractivity contribution in [3.05, 3.63) is 17.6 Å². The minimum absolute atomic E-state index is 0.222. The summed E-state index contributed by atoms with van der Waals surface area (Å²) in [6.07, 6.45) is 1.47. The van der Waals surface area contributed by atoms with E-state index in [9.17, 15) is 4.79 Å². The standard InChI is InChI=1S/C14H22N4O/c1-9(2)14-15-10(3)7-12(17-14)16-11-5-6-13(19)18(4)8-11/h7,9,11H,5-6,8H2,1-4H3,(H,15,16,17). The van der Waals surface area contributed by atoms with E-state index < -0.39 is 0 Å². The molecule has 1 fully saturated rings. The van der Waals surface area contributed by atoms with E-state index in [-0.39, 0.29) is 11.9 Å². The van der Waals surface area contributed by atoms with E-state index in [1.54, 1.807) is 4.90 Å². The lowest BCUT2D eigenvalue weighted by molar-refractivity contribution is -0.132. The van der Waals surface area contributed by atoms with E-state index in [2.05, 4.69) is 29.1 Å². The second kappa shape index (κ2) is 5.55. The highest BCUT2D eigenvalue weighted by atomic mass is 16.2. The number of anilines is 1. The predicted molar refractivity (Wildman–Crippen MR) is 75.1 cm³/mol. The first-order valence-electron chi connectivity index (χ1n) is 6.82. The maximum Gasteiger partial charge on any atom is 0.222 e. The Kier molecular flexibility index (Phi) is 4.02. The van der Waals surface area contributed by atoms with Gasteiger partial charge in [-0.2, -0.15) is 0 Å². The SMILES string of the molecule is Cc1cc(NC2CCC(=O)N(C)C2)nc(C(C)C)n1. The van der Waals surface area contributed by atoms with Gasteiger partial charge in [0.2, 0.25) is 5.91 Å². The van der Waals surface area contributed by atoms with Gasteiger partial charge in [-0.15, -0.1) is 0 Å². The van der Waals surface area contributed by atoms with Crippen molar-refractivity contribution in [3.8, 4) is 0 Å². The molecule has 0 spiro atoms. The van der Waals surface area contributed by atoms with Gasteiger partial charge in [0.1, 0.15) is 11.6 Å². The van der Waals surface area contributed by atoms with Crippen LogP contribution in [0.5, 0.6) is 0 Å². The molecule has 1 aromatic rings. The Bertz CT molecular complexity index is 473. The first kappa shape index (κ1) is 13.8. The van der Waals surface area contributed by atoms with Crippen LogP contribution in [0.1, 0.15) is 44.1 Å². The molecular weight excluding hydrogens is 240 g/mol. The molecule has 1 aromatic heterocycles. The van der Waals surface area contributed by atoms with Crippen LogP contribution >= 0.6 is 0 Å². The summed E-state index contributed by atoms with van der Waals surface area (Å²) in [6.45, 7) is 6.89. The lowest BCUT2D eigenvalue weighted by Crippen LogP contribution is -2.43. The highest BCUT2D eigenvalue weighted by Gasteiger charge is 2.23. The van der Waals surface area contributed by atoms with Gasteiger partial charge in [-0.1, -0.05) is 13.8 Å². The second-order valence-corrected chi connectivity index (χ2v) is 5.56. The minimum Gasteiger partial charge on any atom is -0.365 e. The molecule has 1 unspecified atom stereocenters. The van der Waals surface area contributed by atoms with Crippen LogP contribution in [-0.2, 0) is 4.79 Å². The molecule has 0 saturated carbocycles. The average molecular weight is 262 g/mol. The maximum absolute atomic E-state index is 11.5. The molecule has 0 bridgehead atoms. The van der Waals surface area contributed by atoms with Crippen LogP contribution in [0.25, 0.3) is 0 Å². The third kappa shape index (κ3) is 3.43. The molecule has 2 heterocycles. The van der Waals surface area contributed by atoms with Gasteiger partial charge in [0, 0.05) is 43.7 Å². The molecule has 1 N–H and O–H groups in total. The normalized spacial score (nSPS) is 19.9. The van der Waals surface area contributed by atoms with Crippen molar-refractivity contribution in [2.24, 2.45) is 0 Å². The monoisotopic (exact) mass is 262 g/mol. The number of likely N-dealkylation sites (tertiary alicyclic amines) is 1. The summed E-state index contributed by atoms with van der Waals surface area (Å²) in [5.74, 6) is 2.27. The van der Waals surface area contributed by atoms with Crippen molar-refractivity contribution in [2.45, 2.75) is 45.6 Å². The number of nitrogens with one attached hydrogen (secondary N) is 1. The summed E-state index contributed by atoms with van der Waals surface area (Å²) < 4.78 is 0. The van der Waals surface area contributed by atoms with Gasteiger partial charge in [0.25, 0.3) is 0 Å². The quantitative estimate of drug-likeness (QED) is 0.904. The van der Waals surface area contributed by atoms with Crippen LogP contribution in [-0.4, -0.2) is 40.4 Å². The second-order valence-electron chi connectivity index (χ2n) is 5.56. The van der Waals surface area contributed by atoms with Crippen LogP contribution < -0.4 is 5.32 Å². The van der Waals surface area contributed by atoms with Crippen LogP contribution in [0, 0.1) is 6.92 Å². The van der Waals surface area contributed by atoms with E-state index >= 15 is 0 Å². The van der Waals surface area contributed by atoms with Crippen molar-refractivity contribution < 1.29 is 4.79 Å². The van der Waals surface area contributed by atoms with Gasteiger partial charge in [-0.05, 0) is 13.3 Å². The first-order chi connectivity index (χ1) is 8.95. The Morgan fingerprint density at radius 1 is 1.42 bits per heavy atom. The summed E-state index contributed by atoms with van der Waals surface area (Å²) in [7, 11) is 1.85. The number of likely N-dealkylation sites (N-methyl/N-ethyl adjacent to an activating group) is 1. The number of piperidine rings is 1. The third-order valence-electron chi connectivity index (χ3n) is 3.37. The number of carbonyl (C=O) groups is 1. The summed E-state index contributed by atoms with van der Waals surface area (Å²) in [4.78, 5) is 22.2. The molecule has 5 heteroatoms. The zero-order valence-electron chi connectivity index (χ0n) is 12.1. The number of aryl methyl sites for hydroxylation is 1. The molecule has 1 saturated heterocycles. The fourth-order valence-electron chi connectivity index (χ4n) is 2.26. The van der Waals surface area contributed by atoms with Gasteiger partial charge in [-0.25, -0.2) is 9.97 Å². The fraction of sp³-hybridized carbons (Fsp3) is 0.643. The minimum atomic E-state index is 0.222. The number of hydrogen-bond acceptors (Lipinski definition) is 4. The maximum atomic E-state index is 11.5. The van der Waals surface area contributed by atoms with Crippen molar-refractivity contribution in [1.82, 2.24) is 14.9 Å². The fourth-order valence-corrected chi connectivity index (χ4v) is 2.26. The van der Waals surface area contributed by atoms with E-state index in [1.807, 2.05) is 20.0 Å². The zero-order valence-corrected chi connectivity index (χ0v) is 12.1. The molecule has 0 aromatic carbocycles. The van der Waals surface area contributed by atoms with E-state index in [0.717, 1.165) is 30.3 Å². The molecule has 1 amide bonds. The van der Waals surface area contributed by atoms with E-state index in [4.69, 9.17) is 0 Å². The van der Waals surface area contributed by atoms with Gasteiger partial charge >= 0.3 is 0 Å². The Labute approximate surface area is 114 Å². The third-order valence-corrected chi connectivity index (χ3v) is 3.37. The Balaban J connectivity index is 2.08. The van der Waals surface area contributed by atoms with E-state index in [1.165, 1.54) is 0 Å². The molecule has 2 rings (SSSR count).